The Morgan fingerprint density at radius 1 is 1.47 bits per heavy atom. The molecule has 0 aromatic carbocycles. The van der Waals surface area contributed by atoms with Crippen molar-refractivity contribution in [3.8, 4) is 0 Å². The van der Waals surface area contributed by atoms with Crippen LogP contribution in [0.25, 0.3) is 0 Å². The maximum Gasteiger partial charge on any atom is 0.223 e. The number of carbonyl (C=O) groups is 1. The number of hydrogen-bond donors (Lipinski definition) is 2. The SMILES string of the molecule is O=C1CC(S)CN1CC1CCCC(O)C1. The van der Waals surface area contributed by atoms with E-state index in [1.165, 1.54) is 0 Å². The molecule has 0 bridgehead atoms. The van der Waals surface area contributed by atoms with Gasteiger partial charge < -0.3 is 10.0 Å². The first kappa shape index (κ1) is 11.3. The van der Waals surface area contributed by atoms with Crippen molar-refractivity contribution in [2.75, 3.05) is 13.1 Å². The van der Waals surface area contributed by atoms with Gasteiger partial charge in [-0.25, -0.2) is 0 Å². The first-order valence-electron chi connectivity index (χ1n) is 5.79. The lowest BCUT2D eigenvalue weighted by atomic mass is 9.87. The van der Waals surface area contributed by atoms with Crippen molar-refractivity contribution in [3.05, 3.63) is 0 Å². The van der Waals surface area contributed by atoms with Gasteiger partial charge in [0.25, 0.3) is 0 Å². The zero-order chi connectivity index (χ0) is 10.8. The molecule has 1 saturated heterocycles. The highest BCUT2D eigenvalue weighted by Crippen LogP contribution is 2.27. The van der Waals surface area contributed by atoms with Gasteiger partial charge in [-0.05, 0) is 25.2 Å². The normalized spacial score (nSPS) is 37.3. The Bertz CT molecular complexity index is 247. The van der Waals surface area contributed by atoms with Gasteiger partial charge in [0.05, 0.1) is 6.10 Å². The topological polar surface area (TPSA) is 40.5 Å². The molecule has 0 radical (unpaired) electrons. The van der Waals surface area contributed by atoms with Crippen molar-refractivity contribution in [3.63, 3.8) is 0 Å². The molecule has 1 aliphatic carbocycles. The molecule has 3 unspecified atom stereocenters. The third kappa shape index (κ3) is 2.88. The van der Waals surface area contributed by atoms with Gasteiger partial charge in [-0.15, -0.1) is 0 Å². The molecule has 2 rings (SSSR count). The van der Waals surface area contributed by atoms with Gasteiger partial charge >= 0.3 is 0 Å². The zero-order valence-electron chi connectivity index (χ0n) is 8.93. The summed E-state index contributed by atoms with van der Waals surface area (Å²) >= 11 is 4.33. The number of aliphatic hydroxyl groups is 1. The fourth-order valence-electron chi connectivity index (χ4n) is 2.67. The van der Waals surface area contributed by atoms with Crippen molar-refractivity contribution < 1.29 is 9.90 Å². The number of carbonyl (C=O) groups excluding carboxylic acids is 1. The minimum Gasteiger partial charge on any atom is -0.393 e. The Kier molecular flexibility index (Phi) is 3.57. The average Bonchev–Trinajstić information content (AvgIpc) is 2.45. The van der Waals surface area contributed by atoms with E-state index >= 15 is 0 Å². The number of hydrogen-bond acceptors (Lipinski definition) is 3. The minimum absolute atomic E-state index is 0.145. The standard InChI is InChI=1S/C11H19NO2S/c13-9-3-1-2-8(4-9)6-12-7-10(15)5-11(12)14/h8-10,13,15H,1-7H2. The third-order valence-electron chi connectivity index (χ3n) is 3.43. The van der Waals surface area contributed by atoms with Crippen molar-refractivity contribution >= 4 is 18.5 Å². The molecule has 1 aliphatic heterocycles. The highest BCUT2D eigenvalue weighted by molar-refractivity contribution is 7.81. The second-order valence-electron chi connectivity index (χ2n) is 4.84. The van der Waals surface area contributed by atoms with E-state index < -0.39 is 0 Å². The van der Waals surface area contributed by atoms with Gasteiger partial charge in [-0.3, -0.25) is 4.79 Å². The van der Waals surface area contributed by atoms with Gasteiger partial charge in [0, 0.05) is 24.8 Å². The monoisotopic (exact) mass is 229 g/mol. The molecule has 1 heterocycles. The molecule has 0 aromatic rings. The van der Waals surface area contributed by atoms with Crippen LogP contribution in [-0.4, -0.2) is 40.4 Å². The third-order valence-corrected chi connectivity index (χ3v) is 3.77. The Morgan fingerprint density at radius 3 is 2.87 bits per heavy atom. The Balaban J connectivity index is 1.83. The first-order chi connectivity index (χ1) is 7.15. The number of likely N-dealkylation sites (tertiary alicyclic amines) is 1. The lowest BCUT2D eigenvalue weighted by Gasteiger charge is -2.29. The van der Waals surface area contributed by atoms with E-state index in [0.29, 0.717) is 12.3 Å². The minimum atomic E-state index is -0.145. The van der Waals surface area contributed by atoms with Crippen LogP contribution in [0.2, 0.25) is 0 Å². The number of nitrogens with zero attached hydrogens (tertiary/aromatic N) is 1. The maximum absolute atomic E-state index is 11.6. The van der Waals surface area contributed by atoms with Gasteiger partial charge in [-0.2, -0.15) is 12.6 Å². The Labute approximate surface area is 96.2 Å². The van der Waals surface area contributed by atoms with Crippen LogP contribution < -0.4 is 0 Å². The van der Waals surface area contributed by atoms with Crippen molar-refractivity contribution in [1.29, 1.82) is 0 Å². The van der Waals surface area contributed by atoms with Crippen LogP contribution >= 0.6 is 12.6 Å². The molecule has 2 fully saturated rings. The van der Waals surface area contributed by atoms with Crippen LogP contribution in [-0.2, 0) is 4.79 Å². The van der Waals surface area contributed by atoms with Gasteiger partial charge in [0.15, 0.2) is 0 Å². The molecule has 86 valence electrons. The molecular weight excluding hydrogens is 210 g/mol. The molecule has 2 aliphatic rings. The first-order valence-corrected chi connectivity index (χ1v) is 6.30. The Morgan fingerprint density at radius 2 is 2.27 bits per heavy atom. The molecule has 0 spiro atoms. The molecule has 15 heavy (non-hydrogen) atoms. The van der Waals surface area contributed by atoms with Crippen LogP contribution in [0.15, 0.2) is 0 Å². The number of aliphatic hydroxyl groups excluding tert-OH is 1. The highest BCUT2D eigenvalue weighted by Gasteiger charge is 2.30. The second-order valence-corrected chi connectivity index (χ2v) is 5.57. The van der Waals surface area contributed by atoms with E-state index in [1.807, 2.05) is 4.90 Å². The fraction of sp³-hybridized carbons (Fsp3) is 0.909. The lowest BCUT2D eigenvalue weighted by Crippen LogP contribution is -2.34. The molecular formula is C11H19NO2S. The second kappa shape index (κ2) is 4.74. The largest absolute Gasteiger partial charge is 0.393 e. The molecule has 3 nitrogen and oxygen atoms in total. The van der Waals surface area contributed by atoms with Crippen LogP contribution in [0, 0.1) is 5.92 Å². The van der Waals surface area contributed by atoms with E-state index in [4.69, 9.17) is 0 Å². The summed E-state index contributed by atoms with van der Waals surface area (Å²) in [5.41, 5.74) is 0. The van der Waals surface area contributed by atoms with Crippen LogP contribution in [0.5, 0.6) is 0 Å². The predicted octanol–water partition coefficient (Wildman–Crippen LogP) is 1.07. The van der Waals surface area contributed by atoms with E-state index in [0.717, 1.165) is 38.8 Å². The maximum atomic E-state index is 11.6. The summed E-state index contributed by atoms with van der Waals surface area (Å²) in [6, 6.07) is 0. The zero-order valence-corrected chi connectivity index (χ0v) is 9.83. The average molecular weight is 229 g/mol. The van der Waals surface area contributed by atoms with Crippen LogP contribution in [0.3, 0.4) is 0 Å². The molecule has 1 N–H and O–H groups in total. The van der Waals surface area contributed by atoms with Gasteiger partial charge in [0.2, 0.25) is 5.91 Å². The predicted molar refractivity (Wildman–Crippen MR) is 61.9 cm³/mol. The van der Waals surface area contributed by atoms with Crippen molar-refractivity contribution in [2.45, 2.75) is 43.5 Å². The van der Waals surface area contributed by atoms with Crippen LogP contribution in [0.4, 0.5) is 0 Å². The number of amides is 1. The summed E-state index contributed by atoms with van der Waals surface area (Å²) in [5.74, 6) is 0.728. The molecule has 4 heteroatoms. The van der Waals surface area contributed by atoms with Crippen LogP contribution in [0.1, 0.15) is 32.1 Å². The number of rotatable bonds is 2. The summed E-state index contributed by atoms with van der Waals surface area (Å²) in [7, 11) is 0. The summed E-state index contributed by atoms with van der Waals surface area (Å²) < 4.78 is 0. The molecule has 1 saturated carbocycles. The summed E-state index contributed by atoms with van der Waals surface area (Å²) in [4.78, 5) is 13.5. The van der Waals surface area contributed by atoms with E-state index in [-0.39, 0.29) is 17.3 Å². The smallest absolute Gasteiger partial charge is 0.223 e. The quantitative estimate of drug-likeness (QED) is 0.695. The van der Waals surface area contributed by atoms with Crippen molar-refractivity contribution in [2.24, 2.45) is 5.92 Å². The van der Waals surface area contributed by atoms with Gasteiger partial charge in [0.1, 0.15) is 0 Å². The van der Waals surface area contributed by atoms with E-state index in [9.17, 15) is 9.90 Å². The molecule has 3 atom stereocenters. The van der Waals surface area contributed by atoms with E-state index in [1.54, 1.807) is 0 Å². The molecule has 1 amide bonds. The van der Waals surface area contributed by atoms with E-state index in [2.05, 4.69) is 12.6 Å². The Hall–Kier alpha value is -0.220. The van der Waals surface area contributed by atoms with Gasteiger partial charge in [-0.1, -0.05) is 6.42 Å². The summed E-state index contributed by atoms with van der Waals surface area (Å²) in [5, 5.41) is 9.77. The van der Waals surface area contributed by atoms with Crippen molar-refractivity contribution in [1.82, 2.24) is 4.90 Å². The number of thiol groups is 1. The molecule has 0 aromatic heterocycles. The fourth-order valence-corrected chi connectivity index (χ4v) is 3.02. The lowest BCUT2D eigenvalue weighted by molar-refractivity contribution is -0.128. The summed E-state index contributed by atoms with van der Waals surface area (Å²) in [6.07, 6.45) is 4.48. The summed E-state index contributed by atoms with van der Waals surface area (Å²) in [6.45, 7) is 1.61. The highest BCUT2D eigenvalue weighted by atomic mass is 32.1.